The Hall–Kier alpha value is -1.78. The minimum atomic E-state index is 0.757. The Morgan fingerprint density at radius 3 is 2.36 bits per heavy atom. The first kappa shape index (κ1) is 18.0. The molecule has 1 aliphatic heterocycles. The zero-order valence-corrected chi connectivity index (χ0v) is 16.5. The summed E-state index contributed by atoms with van der Waals surface area (Å²) in [5.41, 5.74) is 6.05. The SMILES string of the molecule is Cc1cccc(N2CCN(C(=S)Nc3cccc(Cl)c3C)CC2)c1C. The lowest BCUT2D eigenvalue weighted by atomic mass is 10.1. The summed E-state index contributed by atoms with van der Waals surface area (Å²) >= 11 is 11.8. The standard InChI is InChI=1S/C20H24ClN3S/c1-14-6-4-9-19(15(14)2)23-10-12-24(13-11-23)20(25)22-18-8-5-7-17(21)16(18)3/h4-9H,10-13H2,1-3H3,(H,22,25). The van der Waals surface area contributed by atoms with Crippen molar-refractivity contribution in [3.8, 4) is 0 Å². The van der Waals surface area contributed by atoms with Gasteiger partial charge in [-0.2, -0.15) is 0 Å². The van der Waals surface area contributed by atoms with E-state index in [2.05, 4.69) is 47.2 Å². The lowest BCUT2D eigenvalue weighted by molar-refractivity contribution is 0.390. The number of nitrogens with zero attached hydrogens (tertiary/aromatic N) is 2. The molecule has 1 fully saturated rings. The van der Waals surface area contributed by atoms with Gasteiger partial charge < -0.3 is 15.1 Å². The van der Waals surface area contributed by atoms with Crippen molar-refractivity contribution in [1.29, 1.82) is 0 Å². The average Bonchev–Trinajstić information content (AvgIpc) is 2.61. The van der Waals surface area contributed by atoms with Gasteiger partial charge in [-0.25, -0.2) is 0 Å². The van der Waals surface area contributed by atoms with E-state index in [0.717, 1.165) is 47.6 Å². The van der Waals surface area contributed by atoms with E-state index in [1.807, 2.05) is 25.1 Å². The molecule has 132 valence electrons. The van der Waals surface area contributed by atoms with Crippen LogP contribution in [-0.4, -0.2) is 36.2 Å². The van der Waals surface area contributed by atoms with Gasteiger partial charge in [0.05, 0.1) is 0 Å². The van der Waals surface area contributed by atoms with Gasteiger partial charge in [0.25, 0.3) is 0 Å². The molecular formula is C20H24ClN3S. The second-order valence-electron chi connectivity index (χ2n) is 6.54. The molecule has 25 heavy (non-hydrogen) atoms. The third-order valence-corrected chi connectivity index (χ3v) is 5.76. The number of benzene rings is 2. The number of rotatable bonds is 2. The fraction of sp³-hybridized carbons (Fsp3) is 0.350. The molecular weight excluding hydrogens is 350 g/mol. The van der Waals surface area contributed by atoms with Crippen LogP contribution < -0.4 is 10.2 Å². The highest BCUT2D eigenvalue weighted by atomic mass is 35.5. The molecule has 0 aliphatic carbocycles. The van der Waals surface area contributed by atoms with E-state index in [1.54, 1.807) is 0 Å². The monoisotopic (exact) mass is 373 g/mol. The summed E-state index contributed by atoms with van der Waals surface area (Å²) in [6, 6.07) is 12.4. The van der Waals surface area contributed by atoms with Gasteiger partial charge in [0.1, 0.15) is 0 Å². The summed E-state index contributed by atoms with van der Waals surface area (Å²) in [5, 5.41) is 4.88. The Morgan fingerprint density at radius 2 is 1.64 bits per heavy atom. The number of thiocarbonyl (C=S) groups is 1. The number of hydrogen-bond donors (Lipinski definition) is 1. The molecule has 5 heteroatoms. The van der Waals surface area contributed by atoms with Crippen molar-refractivity contribution in [1.82, 2.24) is 4.90 Å². The van der Waals surface area contributed by atoms with Crippen LogP contribution >= 0.6 is 23.8 Å². The second-order valence-corrected chi connectivity index (χ2v) is 7.33. The van der Waals surface area contributed by atoms with Crippen LogP contribution in [0, 0.1) is 20.8 Å². The van der Waals surface area contributed by atoms with Gasteiger partial charge in [0.2, 0.25) is 0 Å². The molecule has 0 radical (unpaired) electrons. The molecule has 1 aliphatic rings. The number of nitrogens with one attached hydrogen (secondary N) is 1. The van der Waals surface area contributed by atoms with Crippen LogP contribution in [0.15, 0.2) is 36.4 Å². The Balaban J connectivity index is 1.63. The second kappa shape index (κ2) is 7.63. The predicted octanol–water partition coefficient (Wildman–Crippen LogP) is 4.78. The van der Waals surface area contributed by atoms with Crippen molar-refractivity contribution in [2.75, 3.05) is 36.4 Å². The molecule has 0 atom stereocenters. The van der Waals surface area contributed by atoms with E-state index in [4.69, 9.17) is 23.8 Å². The van der Waals surface area contributed by atoms with E-state index in [1.165, 1.54) is 16.8 Å². The molecule has 3 nitrogen and oxygen atoms in total. The van der Waals surface area contributed by atoms with Gasteiger partial charge in [0, 0.05) is 42.6 Å². The molecule has 3 rings (SSSR count). The smallest absolute Gasteiger partial charge is 0.173 e. The fourth-order valence-electron chi connectivity index (χ4n) is 3.17. The lowest BCUT2D eigenvalue weighted by Crippen LogP contribution is -2.50. The van der Waals surface area contributed by atoms with Crippen molar-refractivity contribution in [3.63, 3.8) is 0 Å². The number of piperazine rings is 1. The van der Waals surface area contributed by atoms with Crippen LogP contribution in [-0.2, 0) is 0 Å². The first-order valence-corrected chi connectivity index (χ1v) is 9.38. The van der Waals surface area contributed by atoms with Crippen molar-refractivity contribution in [3.05, 3.63) is 58.1 Å². The normalized spacial score (nSPS) is 14.6. The molecule has 2 aromatic rings. The molecule has 0 unspecified atom stereocenters. The highest BCUT2D eigenvalue weighted by molar-refractivity contribution is 7.80. The van der Waals surface area contributed by atoms with Crippen molar-refractivity contribution in [2.45, 2.75) is 20.8 Å². The maximum absolute atomic E-state index is 6.19. The van der Waals surface area contributed by atoms with E-state index in [9.17, 15) is 0 Å². The van der Waals surface area contributed by atoms with Crippen molar-refractivity contribution < 1.29 is 0 Å². The molecule has 2 aromatic carbocycles. The summed E-state index contributed by atoms with van der Waals surface area (Å²) in [6.07, 6.45) is 0. The van der Waals surface area contributed by atoms with Gasteiger partial charge in [0.15, 0.2) is 5.11 Å². The Morgan fingerprint density at radius 1 is 0.960 bits per heavy atom. The molecule has 1 saturated heterocycles. The minimum absolute atomic E-state index is 0.757. The molecule has 0 aromatic heterocycles. The average molecular weight is 374 g/mol. The number of hydrogen-bond acceptors (Lipinski definition) is 2. The van der Waals surface area contributed by atoms with Gasteiger partial charge in [-0.15, -0.1) is 0 Å². The quantitative estimate of drug-likeness (QED) is 0.763. The van der Waals surface area contributed by atoms with Crippen molar-refractivity contribution >= 4 is 40.3 Å². The summed E-state index contributed by atoms with van der Waals surface area (Å²) in [7, 11) is 0. The Bertz CT molecular complexity index is 783. The molecule has 0 spiro atoms. The lowest BCUT2D eigenvalue weighted by Gasteiger charge is -2.38. The summed E-state index contributed by atoms with van der Waals surface area (Å²) in [5.74, 6) is 0. The largest absolute Gasteiger partial charge is 0.368 e. The highest BCUT2D eigenvalue weighted by Gasteiger charge is 2.20. The molecule has 1 N–H and O–H groups in total. The van der Waals surface area contributed by atoms with Gasteiger partial charge in [-0.3, -0.25) is 0 Å². The zero-order chi connectivity index (χ0) is 18.0. The molecule has 0 bridgehead atoms. The van der Waals surface area contributed by atoms with E-state index in [0.29, 0.717) is 0 Å². The zero-order valence-electron chi connectivity index (χ0n) is 15.0. The fourth-order valence-corrected chi connectivity index (χ4v) is 3.63. The number of anilines is 2. The first-order valence-electron chi connectivity index (χ1n) is 8.59. The van der Waals surface area contributed by atoms with Crippen LogP contribution in [0.2, 0.25) is 5.02 Å². The number of aryl methyl sites for hydroxylation is 1. The van der Waals surface area contributed by atoms with Crippen LogP contribution in [0.3, 0.4) is 0 Å². The van der Waals surface area contributed by atoms with E-state index < -0.39 is 0 Å². The molecule has 0 saturated carbocycles. The summed E-state index contributed by atoms with van der Waals surface area (Å²) in [4.78, 5) is 4.68. The summed E-state index contributed by atoms with van der Waals surface area (Å²) < 4.78 is 0. The third-order valence-electron chi connectivity index (χ3n) is 4.99. The Kier molecular flexibility index (Phi) is 5.50. The van der Waals surface area contributed by atoms with Crippen LogP contribution in [0.4, 0.5) is 11.4 Å². The molecule has 0 amide bonds. The number of halogens is 1. The van der Waals surface area contributed by atoms with Gasteiger partial charge in [-0.05, 0) is 67.9 Å². The Labute approximate surface area is 160 Å². The molecule has 1 heterocycles. The van der Waals surface area contributed by atoms with Crippen LogP contribution in [0.5, 0.6) is 0 Å². The maximum atomic E-state index is 6.19. The van der Waals surface area contributed by atoms with Gasteiger partial charge in [-0.1, -0.05) is 29.8 Å². The third kappa shape index (κ3) is 3.91. The topological polar surface area (TPSA) is 18.5 Å². The van der Waals surface area contributed by atoms with E-state index in [-0.39, 0.29) is 0 Å². The first-order chi connectivity index (χ1) is 12.0. The van der Waals surface area contributed by atoms with E-state index >= 15 is 0 Å². The maximum Gasteiger partial charge on any atom is 0.173 e. The predicted molar refractivity (Wildman–Crippen MR) is 112 cm³/mol. The van der Waals surface area contributed by atoms with Crippen LogP contribution in [0.25, 0.3) is 0 Å². The van der Waals surface area contributed by atoms with Gasteiger partial charge >= 0.3 is 0 Å². The van der Waals surface area contributed by atoms with Crippen LogP contribution in [0.1, 0.15) is 16.7 Å². The van der Waals surface area contributed by atoms with Crippen molar-refractivity contribution in [2.24, 2.45) is 0 Å². The summed E-state index contributed by atoms with van der Waals surface area (Å²) in [6.45, 7) is 10.2. The minimum Gasteiger partial charge on any atom is -0.368 e. The highest BCUT2D eigenvalue weighted by Crippen LogP contribution is 2.25.